The van der Waals surface area contributed by atoms with Crippen molar-refractivity contribution in [1.29, 1.82) is 0 Å². The Bertz CT molecular complexity index is 1220. The molecule has 0 fully saturated rings. The number of aromatic nitrogens is 5. The van der Waals surface area contributed by atoms with Gasteiger partial charge in [-0.1, -0.05) is 11.3 Å². The molecule has 0 aliphatic rings. The number of nitrogens with one attached hydrogen (secondary N) is 2. The summed E-state index contributed by atoms with van der Waals surface area (Å²) in [7, 11) is 0. The average Bonchev–Trinajstić information content (AvgIpc) is 3.15. The summed E-state index contributed by atoms with van der Waals surface area (Å²) in [6.45, 7) is 5.64. The second-order valence-electron chi connectivity index (χ2n) is 7.30. The minimum Gasteiger partial charge on any atom is -0.382 e. The van der Waals surface area contributed by atoms with Crippen molar-refractivity contribution in [2.75, 3.05) is 11.9 Å². The first-order chi connectivity index (χ1) is 14.8. The molecule has 0 spiro atoms. The Labute approximate surface area is 182 Å². The van der Waals surface area contributed by atoms with Gasteiger partial charge in [-0.3, -0.25) is 5.32 Å². The largest absolute Gasteiger partial charge is 0.382 e. The number of thiazole rings is 1. The quantitative estimate of drug-likeness (QED) is 0.437. The highest BCUT2D eigenvalue weighted by Gasteiger charge is 2.20. The van der Waals surface area contributed by atoms with Crippen LogP contribution >= 0.6 is 11.3 Å². The van der Waals surface area contributed by atoms with Crippen LogP contribution in [-0.2, 0) is 5.60 Å². The number of fused-ring (bicyclic) bond motifs is 1. The third-order valence-electron chi connectivity index (χ3n) is 4.39. The maximum Gasteiger partial charge on any atom is 0.321 e. The molecule has 1 aromatic carbocycles. The highest BCUT2D eigenvalue weighted by Crippen LogP contribution is 2.37. The zero-order valence-corrected chi connectivity index (χ0v) is 18.1. The van der Waals surface area contributed by atoms with E-state index >= 15 is 0 Å². The van der Waals surface area contributed by atoms with Crippen LogP contribution in [0.3, 0.4) is 0 Å². The number of anilines is 1. The first-order valence-electron chi connectivity index (χ1n) is 9.67. The van der Waals surface area contributed by atoms with Crippen LogP contribution < -0.4 is 10.6 Å². The van der Waals surface area contributed by atoms with E-state index in [1.165, 1.54) is 11.3 Å². The van der Waals surface area contributed by atoms with E-state index in [4.69, 9.17) is 0 Å². The van der Waals surface area contributed by atoms with Crippen molar-refractivity contribution in [1.82, 2.24) is 30.2 Å². The second kappa shape index (κ2) is 8.32. The van der Waals surface area contributed by atoms with E-state index in [0.29, 0.717) is 28.8 Å². The molecule has 0 unspecified atom stereocenters. The Morgan fingerprint density at radius 3 is 2.45 bits per heavy atom. The van der Waals surface area contributed by atoms with Crippen LogP contribution in [0.15, 0.2) is 43.0 Å². The number of urea groups is 1. The molecule has 4 rings (SSSR count). The van der Waals surface area contributed by atoms with Crippen LogP contribution in [0, 0.1) is 0 Å². The lowest BCUT2D eigenvalue weighted by Gasteiger charge is -2.15. The van der Waals surface area contributed by atoms with Crippen molar-refractivity contribution in [2.24, 2.45) is 0 Å². The SMILES string of the molecule is CCNC(=O)Nc1nc2cc(-c3cnc(C(C)(C)O)nc3)cc(-c3ncccn3)c2s1. The van der Waals surface area contributed by atoms with Crippen molar-refractivity contribution >= 4 is 32.7 Å². The van der Waals surface area contributed by atoms with Crippen LogP contribution in [0.5, 0.6) is 0 Å². The first-order valence-corrected chi connectivity index (χ1v) is 10.5. The third-order valence-corrected chi connectivity index (χ3v) is 5.41. The molecule has 9 nitrogen and oxygen atoms in total. The molecular formula is C21H21N7O2S. The zero-order chi connectivity index (χ0) is 22.0. The van der Waals surface area contributed by atoms with Crippen LogP contribution in [0.2, 0.25) is 0 Å². The van der Waals surface area contributed by atoms with Crippen molar-refractivity contribution in [3.05, 3.63) is 48.8 Å². The summed E-state index contributed by atoms with van der Waals surface area (Å²) in [6.07, 6.45) is 6.68. The predicted molar refractivity (Wildman–Crippen MR) is 120 cm³/mol. The molecule has 31 heavy (non-hydrogen) atoms. The van der Waals surface area contributed by atoms with E-state index in [9.17, 15) is 9.90 Å². The Hall–Kier alpha value is -3.50. The number of carbonyl (C=O) groups is 1. The number of benzene rings is 1. The maximum atomic E-state index is 11.9. The van der Waals surface area contributed by atoms with E-state index < -0.39 is 5.60 Å². The van der Waals surface area contributed by atoms with Gasteiger partial charge in [0.2, 0.25) is 0 Å². The fraction of sp³-hybridized carbons (Fsp3) is 0.238. The van der Waals surface area contributed by atoms with Crippen LogP contribution in [0.1, 0.15) is 26.6 Å². The Morgan fingerprint density at radius 1 is 1.10 bits per heavy atom. The summed E-state index contributed by atoms with van der Waals surface area (Å²) in [5, 5.41) is 16.0. The molecule has 0 radical (unpaired) electrons. The molecular weight excluding hydrogens is 414 g/mol. The zero-order valence-electron chi connectivity index (χ0n) is 17.2. The molecule has 0 saturated heterocycles. The fourth-order valence-electron chi connectivity index (χ4n) is 2.95. The Morgan fingerprint density at radius 2 is 1.81 bits per heavy atom. The topological polar surface area (TPSA) is 126 Å². The average molecular weight is 436 g/mol. The van der Waals surface area contributed by atoms with Gasteiger partial charge in [0.1, 0.15) is 5.60 Å². The number of aliphatic hydroxyl groups is 1. The maximum absolute atomic E-state index is 11.9. The molecule has 0 aliphatic carbocycles. The van der Waals surface area contributed by atoms with Crippen LogP contribution in [0.25, 0.3) is 32.7 Å². The number of amides is 2. The van der Waals surface area contributed by atoms with E-state index in [-0.39, 0.29) is 6.03 Å². The smallest absolute Gasteiger partial charge is 0.321 e. The minimum atomic E-state index is -1.12. The van der Waals surface area contributed by atoms with Crippen molar-refractivity contribution in [3.8, 4) is 22.5 Å². The molecule has 2 amide bonds. The molecule has 3 aromatic heterocycles. The standard InChI is InChI=1S/C21H21N7O2S/c1-4-22-19(29)28-20-27-15-9-12(13-10-25-18(26-11-13)21(2,3)30)8-14(16(15)31-20)17-23-6-5-7-24-17/h5-11,30H,4H2,1-3H3,(H2,22,27,28,29). The summed E-state index contributed by atoms with van der Waals surface area (Å²) in [6, 6.07) is 5.30. The monoisotopic (exact) mass is 435 g/mol. The fourth-order valence-corrected chi connectivity index (χ4v) is 3.90. The number of nitrogens with zero attached hydrogens (tertiary/aromatic N) is 5. The van der Waals surface area contributed by atoms with Gasteiger partial charge >= 0.3 is 6.03 Å². The molecule has 4 aromatic rings. The van der Waals surface area contributed by atoms with Gasteiger partial charge in [0.05, 0.1) is 10.2 Å². The lowest BCUT2D eigenvalue weighted by Crippen LogP contribution is -2.28. The predicted octanol–water partition coefficient (Wildman–Crippen LogP) is 3.58. The van der Waals surface area contributed by atoms with Gasteiger partial charge in [-0.25, -0.2) is 29.7 Å². The summed E-state index contributed by atoms with van der Waals surface area (Å²) in [5.41, 5.74) is 1.95. The van der Waals surface area contributed by atoms with Crippen LogP contribution in [0.4, 0.5) is 9.93 Å². The van der Waals surface area contributed by atoms with E-state index in [0.717, 1.165) is 21.4 Å². The van der Waals surface area contributed by atoms with Crippen LogP contribution in [-0.4, -0.2) is 42.6 Å². The molecule has 0 atom stereocenters. The number of hydrogen-bond donors (Lipinski definition) is 3. The second-order valence-corrected chi connectivity index (χ2v) is 8.30. The normalized spacial score (nSPS) is 11.5. The third kappa shape index (κ3) is 4.49. The molecule has 0 aliphatic heterocycles. The lowest BCUT2D eigenvalue weighted by molar-refractivity contribution is 0.0687. The van der Waals surface area contributed by atoms with Crippen molar-refractivity contribution < 1.29 is 9.90 Å². The molecule has 3 heterocycles. The summed E-state index contributed by atoms with van der Waals surface area (Å²) >= 11 is 1.36. The molecule has 0 bridgehead atoms. The van der Waals surface area contributed by atoms with Gasteiger partial charge in [0, 0.05) is 42.5 Å². The minimum absolute atomic E-state index is 0.310. The molecule has 158 valence electrons. The highest BCUT2D eigenvalue weighted by atomic mass is 32.1. The molecule has 0 saturated carbocycles. The van der Waals surface area contributed by atoms with Gasteiger partial charge in [-0.05, 0) is 44.5 Å². The Kier molecular flexibility index (Phi) is 5.57. The summed E-state index contributed by atoms with van der Waals surface area (Å²) in [4.78, 5) is 33.9. The van der Waals surface area contributed by atoms with E-state index in [1.807, 2.05) is 19.1 Å². The van der Waals surface area contributed by atoms with Crippen molar-refractivity contribution in [3.63, 3.8) is 0 Å². The van der Waals surface area contributed by atoms with E-state index in [1.54, 1.807) is 44.7 Å². The molecule has 10 heteroatoms. The number of carbonyl (C=O) groups excluding carboxylic acids is 1. The lowest BCUT2D eigenvalue weighted by atomic mass is 10.0. The molecule has 3 N–H and O–H groups in total. The van der Waals surface area contributed by atoms with Crippen molar-refractivity contribution in [2.45, 2.75) is 26.4 Å². The number of hydrogen-bond acceptors (Lipinski definition) is 8. The number of rotatable bonds is 5. The van der Waals surface area contributed by atoms with Gasteiger partial charge < -0.3 is 10.4 Å². The van der Waals surface area contributed by atoms with Gasteiger partial charge in [-0.2, -0.15) is 0 Å². The van der Waals surface area contributed by atoms with Gasteiger partial charge in [0.15, 0.2) is 16.8 Å². The van der Waals surface area contributed by atoms with E-state index in [2.05, 4.69) is 35.6 Å². The highest BCUT2D eigenvalue weighted by molar-refractivity contribution is 7.22. The Balaban J connectivity index is 1.82. The van der Waals surface area contributed by atoms with Gasteiger partial charge in [-0.15, -0.1) is 0 Å². The van der Waals surface area contributed by atoms with Gasteiger partial charge in [0.25, 0.3) is 0 Å². The first kappa shape index (κ1) is 20.8. The summed E-state index contributed by atoms with van der Waals surface area (Å²) < 4.78 is 0.857. The summed E-state index contributed by atoms with van der Waals surface area (Å²) in [5.74, 6) is 0.891.